The Bertz CT molecular complexity index is 901. The number of nitrogens with one attached hydrogen (secondary N) is 1. The van der Waals surface area contributed by atoms with Gasteiger partial charge in [-0.2, -0.15) is 4.73 Å². The Labute approximate surface area is 182 Å². The number of benzene rings is 1. The van der Waals surface area contributed by atoms with Crippen LogP contribution in [0.1, 0.15) is 41.6 Å². The first-order valence-electron chi connectivity index (χ1n) is 10.5. The fourth-order valence-corrected chi connectivity index (χ4v) is 3.84. The summed E-state index contributed by atoms with van der Waals surface area (Å²) in [6.45, 7) is 1.71. The maximum absolute atomic E-state index is 12.7. The Kier molecular flexibility index (Phi) is 7.70. The number of carbonyl (C=O) groups excluding carboxylic acids is 2. The van der Waals surface area contributed by atoms with E-state index in [1.54, 1.807) is 32.4 Å². The second kappa shape index (κ2) is 10.7. The molecule has 1 fully saturated rings. The quantitative estimate of drug-likeness (QED) is 0.515. The molecule has 1 N–H and O–H groups in total. The second-order valence-corrected chi connectivity index (χ2v) is 7.70. The standard InChI is InChI=1S/C23H29N3O5/c1-30-20-7-6-19(21(14-20)31-2)15-24-22(27)8-5-17-4-3-11-25(16-17)23(28)18-9-12-26(29)13-10-18/h6-7,9-10,12-14,17H,3-5,8,11,15-16H2,1-2H3,(H,24,27). The summed E-state index contributed by atoms with van der Waals surface area (Å²) in [4.78, 5) is 26.9. The van der Waals surface area contributed by atoms with E-state index in [1.165, 1.54) is 12.4 Å². The van der Waals surface area contributed by atoms with Crippen LogP contribution in [0.25, 0.3) is 0 Å². The van der Waals surface area contributed by atoms with Crippen molar-refractivity contribution in [3.63, 3.8) is 0 Å². The van der Waals surface area contributed by atoms with Crippen molar-refractivity contribution in [2.24, 2.45) is 5.92 Å². The van der Waals surface area contributed by atoms with Crippen LogP contribution >= 0.6 is 0 Å². The molecule has 1 saturated heterocycles. The zero-order valence-corrected chi connectivity index (χ0v) is 18.0. The number of methoxy groups -OCH3 is 2. The molecule has 1 unspecified atom stereocenters. The van der Waals surface area contributed by atoms with E-state index in [0.717, 1.165) is 24.8 Å². The first-order chi connectivity index (χ1) is 15.0. The molecule has 0 aliphatic carbocycles. The van der Waals surface area contributed by atoms with Crippen LogP contribution in [0.3, 0.4) is 0 Å². The highest BCUT2D eigenvalue weighted by atomic mass is 16.5. The predicted molar refractivity (Wildman–Crippen MR) is 115 cm³/mol. The molecule has 0 saturated carbocycles. The number of ether oxygens (including phenoxy) is 2. The first-order valence-corrected chi connectivity index (χ1v) is 10.5. The molecule has 2 amide bonds. The lowest BCUT2D eigenvalue weighted by Gasteiger charge is -2.32. The van der Waals surface area contributed by atoms with Crippen LogP contribution in [0.2, 0.25) is 0 Å². The highest BCUT2D eigenvalue weighted by Crippen LogP contribution is 2.25. The van der Waals surface area contributed by atoms with Crippen LogP contribution in [-0.4, -0.2) is 44.0 Å². The van der Waals surface area contributed by atoms with Crippen LogP contribution < -0.4 is 19.5 Å². The maximum atomic E-state index is 12.7. The number of carbonyl (C=O) groups is 2. The summed E-state index contributed by atoms with van der Waals surface area (Å²) in [7, 11) is 3.18. The molecule has 1 aliphatic rings. The first kappa shape index (κ1) is 22.4. The zero-order chi connectivity index (χ0) is 22.2. The fraction of sp³-hybridized carbons (Fsp3) is 0.435. The lowest BCUT2D eigenvalue weighted by Crippen LogP contribution is -2.40. The number of likely N-dealkylation sites (tertiary alicyclic amines) is 1. The molecule has 31 heavy (non-hydrogen) atoms. The molecular weight excluding hydrogens is 398 g/mol. The minimum atomic E-state index is -0.0682. The summed E-state index contributed by atoms with van der Waals surface area (Å²) in [6.07, 6.45) is 5.71. The largest absolute Gasteiger partial charge is 0.619 e. The third kappa shape index (κ3) is 6.10. The minimum Gasteiger partial charge on any atom is -0.619 e. The molecule has 1 aromatic heterocycles. The fourth-order valence-electron chi connectivity index (χ4n) is 3.84. The molecule has 0 spiro atoms. The van der Waals surface area contributed by atoms with Gasteiger partial charge in [-0.15, -0.1) is 0 Å². The van der Waals surface area contributed by atoms with E-state index in [4.69, 9.17) is 9.47 Å². The lowest BCUT2D eigenvalue weighted by molar-refractivity contribution is -0.605. The molecule has 2 heterocycles. The number of hydrogen-bond acceptors (Lipinski definition) is 5. The van der Waals surface area contributed by atoms with Crippen molar-refractivity contribution in [2.45, 2.75) is 32.2 Å². The molecule has 1 aliphatic heterocycles. The topological polar surface area (TPSA) is 94.8 Å². The average molecular weight is 428 g/mol. The number of amides is 2. The van der Waals surface area contributed by atoms with Gasteiger partial charge in [0.15, 0.2) is 12.4 Å². The summed E-state index contributed by atoms with van der Waals surface area (Å²) >= 11 is 0. The highest BCUT2D eigenvalue weighted by Gasteiger charge is 2.25. The van der Waals surface area contributed by atoms with Crippen molar-refractivity contribution in [1.82, 2.24) is 10.2 Å². The van der Waals surface area contributed by atoms with E-state index < -0.39 is 0 Å². The summed E-state index contributed by atoms with van der Waals surface area (Å²) in [6, 6.07) is 8.58. The summed E-state index contributed by atoms with van der Waals surface area (Å²) in [5.41, 5.74) is 1.40. The van der Waals surface area contributed by atoms with E-state index in [1.807, 2.05) is 17.0 Å². The summed E-state index contributed by atoms with van der Waals surface area (Å²) < 4.78 is 11.2. The highest BCUT2D eigenvalue weighted by molar-refractivity contribution is 5.94. The summed E-state index contributed by atoms with van der Waals surface area (Å²) in [5, 5.41) is 14.1. The van der Waals surface area contributed by atoms with Crippen LogP contribution in [0.5, 0.6) is 11.5 Å². The van der Waals surface area contributed by atoms with Gasteiger partial charge in [-0.3, -0.25) is 9.59 Å². The Morgan fingerprint density at radius 2 is 1.97 bits per heavy atom. The van der Waals surface area contributed by atoms with Gasteiger partial charge in [0, 0.05) is 49.8 Å². The molecule has 0 radical (unpaired) electrons. The van der Waals surface area contributed by atoms with Gasteiger partial charge in [0.2, 0.25) is 5.91 Å². The number of piperidine rings is 1. The number of nitrogens with zero attached hydrogens (tertiary/aromatic N) is 2. The van der Waals surface area contributed by atoms with Gasteiger partial charge in [-0.1, -0.05) is 0 Å². The van der Waals surface area contributed by atoms with Gasteiger partial charge in [0.1, 0.15) is 11.5 Å². The van der Waals surface area contributed by atoms with E-state index >= 15 is 0 Å². The van der Waals surface area contributed by atoms with Gasteiger partial charge >= 0.3 is 0 Å². The van der Waals surface area contributed by atoms with Gasteiger partial charge in [-0.25, -0.2) is 0 Å². The molecule has 1 aromatic carbocycles. The third-order valence-electron chi connectivity index (χ3n) is 5.61. The van der Waals surface area contributed by atoms with Crippen LogP contribution in [-0.2, 0) is 11.3 Å². The molecule has 0 bridgehead atoms. The van der Waals surface area contributed by atoms with E-state index in [-0.39, 0.29) is 17.7 Å². The SMILES string of the molecule is COc1ccc(CNC(=O)CCC2CCCN(C(=O)c3cc[n+]([O-])cc3)C2)c(OC)c1. The Morgan fingerprint density at radius 3 is 2.68 bits per heavy atom. The van der Waals surface area contributed by atoms with E-state index in [9.17, 15) is 14.8 Å². The molecule has 1 atom stereocenters. The number of pyridine rings is 1. The van der Waals surface area contributed by atoms with Gasteiger partial charge in [-0.05, 0) is 37.3 Å². The van der Waals surface area contributed by atoms with Crippen LogP contribution in [0.15, 0.2) is 42.7 Å². The normalized spacial score (nSPS) is 15.9. The predicted octanol–water partition coefficient (Wildman–Crippen LogP) is 2.29. The third-order valence-corrected chi connectivity index (χ3v) is 5.61. The van der Waals surface area contributed by atoms with E-state index in [2.05, 4.69) is 5.32 Å². The van der Waals surface area contributed by atoms with Crippen molar-refractivity contribution in [3.05, 3.63) is 59.1 Å². The number of rotatable bonds is 8. The Morgan fingerprint density at radius 1 is 1.19 bits per heavy atom. The maximum Gasteiger partial charge on any atom is 0.254 e. The monoisotopic (exact) mass is 427 g/mol. The average Bonchev–Trinajstić information content (AvgIpc) is 2.81. The smallest absolute Gasteiger partial charge is 0.254 e. The molecule has 8 heteroatoms. The van der Waals surface area contributed by atoms with Crippen molar-refractivity contribution < 1.29 is 23.8 Å². The molecule has 166 valence electrons. The molecule has 2 aromatic rings. The number of aromatic nitrogens is 1. The molecule has 3 rings (SSSR count). The molecular formula is C23H29N3O5. The lowest BCUT2D eigenvalue weighted by atomic mass is 9.93. The minimum absolute atomic E-state index is 0.0237. The zero-order valence-electron chi connectivity index (χ0n) is 18.0. The molecule has 8 nitrogen and oxygen atoms in total. The van der Waals surface area contributed by atoms with Gasteiger partial charge in [0.25, 0.3) is 5.91 Å². The van der Waals surface area contributed by atoms with Gasteiger partial charge < -0.3 is 24.9 Å². The van der Waals surface area contributed by atoms with Crippen molar-refractivity contribution in [3.8, 4) is 11.5 Å². The van der Waals surface area contributed by atoms with Crippen molar-refractivity contribution in [1.29, 1.82) is 0 Å². The van der Waals surface area contributed by atoms with Gasteiger partial charge in [0.05, 0.1) is 19.8 Å². The van der Waals surface area contributed by atoms with Crippen molar-refractivity contribution in [2.75, 3.05) is 27.3 Å². The Balaban J connectivity index is 1.46. The summed E-state index contributed by atoms with van der Waals surface area (Å²) in [5.74, 6) is 1.56. The van der Waals surface area contributed by atoms with Crippen LogP contribution in [0.4, 0.5) is 0 Å². The van der Waals surface area contributed by atoms with Crippen molar-refractivity contribution >= 4 is 11.8 Å². The van der Waals surface area contributed by atoms with E-state index in [0.29, 0.717) is 47.8 Å². The second-order valence-electron chi connectivity index (χ2n) is 7.70. The number of hydrogen-bond donors (Lipinski definition) is 1. The Hall–Kier alpha value is -3.29. The van der Waals surface area contributed by atoms with Crippen LogP contribution in [0, 0.1) is 11.1 Å².